The molecule has 3 amide bonds. The second-order valence-corrected chi connectivity index (χ2v) is 8.91. The number of nitrogens with zero attached hydrogens (tertiary/aromatic N) is 5. The van der Waals surface area contributed by atoms with Crippen molar-refractivity contribution in [3.8, 4) is 23.0 Å². The minimum absolute atomic E-state index is 0.202. The van der Waals surface area contributed by atoms with Gasteiger partial charge >= 0.3 is 0 Å². The number of carbonyl (C=O) groups is 3. The minimum Gasteiger partial charge on any atom is -0.477 e. The number of pyridine rings is 1. The van der Waals surface area contributed by atoms with E-state index >= 15 is 0 Å². The molecular formula is C24H22N6O4. The third-order valence-corrected chi connectivity index (χ3v) is 6.42. The first-order valence-electron chi connectivity index (χ1n) is 11.4. The lowest BCUT2D eigenvalue weighted by Crippen LogP contribution is -2.52. The molecule has 1 aromatic carbocycles. The summed E-state index contributed by atoms with van der Waals surface area (Å²) in [5.41, 5.74) is 2.82. The Morgan fingerprint density at radius 1 is 1.09 bits per heavy atom. The van der Waals surface area contributed by atoms with Crippen molar-refractivity contribution in [1.82, 2.24) is 30.2 Å². The molecule has 34 heavy (non-hydrogen) atoms. The van der Waals surface area contributed by atoms with Gasteiger partial charge in [0.1, 0.15) is 11.7 Å². The van der Waals surface area contributed by atoms with Gasteiger partial charge in [-0.05, 0) is 48.9 Å². The number of ether oxygens (including phenoxy) is 1. The molecule has 0 spiro atoms. The fourth-order valence-corrected chi connectivity index (χ4v) is 4.34. The van der Waals surface area contributed by atoms with E-state index in [1.165, 1.54) is 17.7 Å². The fourth-order valence-electron chi connectivity index (χ4n) is 4.34. The van der Waals surface area contributed by atoms with Gasteiger partial charge in [-0.3, -0.25) is 19.7 Å². The molecule has 6 rings (SSSR count). The monoisotopic (exact) mass is 458 g/mol. The lowest BCUT2D eigenvalue weighted by molar-refractivity contribution is -0.136. The van der Waals surface area contributed by atoms with Crippen molar-refractivity contribution in [2.75, 3.05) is 6.61 Å². The number of rotatable bonds is 6. The van der Waals surface area contributed by atoms with Crippen LogP contribution >= 0.6 is 0 Å². The summed E-state index contributed by atoms with van der Waals surface area (Å²) in [5, 5.41) is 10.8. The normalized spacial score (nSPS) is 19.8. The van der Waals surface area contributed by atoms with E-state index in [-0.39, 0.29) is 18.2 Å². The Labute approximate surface area is 194 Å². The number of carbonyl (C=O) groups excluding carboxylic acids is 3. The maximum atomic E-state index is 12.9. The predicted molar refractivity (Wildman–Crippen MR) is 119 cm³/mol. The molecule has 0 radical (unpaired) electrons. The Hall–Kier alpha value is -4.08. The topological polar surface area (TPSA) is 119 Å². The summed E-state index contributed by atoms with van der Waals surface area (Å²) >= 11 is 0. The number of amides is 3. The van der Waals surface area contributed by atoms with Gasteiger partial charge in [-0.2, -0.15) is 4.98 Å². The molecule has 3 aromatic rings. The van der Waals surface area contributed by atoms with Gasteiger partial charge in [-0.25, -0.2) is 4.68 Å². The highest BCUT2D eigenvalue weighted by Gasteiger charge is 2.39. The van der Waals surface area contributed by atoms with Crippen molar-refractivity contribution >= 4 is 17.7 Å². The number of fused-ring (bicyclic) bond motifs is 1. The summed E-state index contributed by atoms with van der Waals surface area (Å²) in [7, 11) is 0. The Bertz CT molecular complexity index is 1310. The average molecular weight is 458 g/mol. The highest BCUT2D eigenvalue weighted by atomic mass is 16.5. The molecule has 0 bridgehead atoms. The first-order chi connectivity index (χ1) is 16.5. The van der Waals surface area contributed by atoms with Gasteiger partial charge in [-0.15, -0.1) is 5.10 Å². The highest BCUT2D eigenvalue weighted by molar-refractivity contribution is 6.05. The number of aromatic nitrogens is 4. The fraction of sp³-hybridized carbons (Fsp3) is 0.333. The van der Waals surface area contributed by atoms with E-state index in [1.807, 2.05) is 30.3 Å². The van der Waals surface area contributed by atoms with Crippen molar-refractivity contribution in [2.24, 2.45) is 5.92 Å². The van der Waals surface area contributed by atoms with Gasteiger partial charge < -0.3 is 9.64 Å². The number of imide groups is 1. The van der Waals surface area contributed by atoms with Gasteiger partial charge in [0.15, 0.2) is 5.82 Å². The number of nitrogens with one attached hydrogen (secondary N) is 1. The maximum absolute atomic E-state index is 12.9. The van der Waals surface area contributed by atoms with Crippen LogP contribution in [0.5, 0.6) is 5.88 Å². The second kappa shape index (κ2) is 8.05. The summed E-state index contributed by atoms with van der Waals surface area (Å²) < 4.78 is 7.35. The molecule has 3 aliphatic rings. The van der Waals surface area contributed by atoms with Crippen LogP contribution in [0.1, 0.15) is 41.6 Å². The SMILES string of the molecule is O=C1CCC(N2Cc3cc(-c4cn(-c5cccc(OCC6CC6)n5)nn4)ccc3C2=O)C(=O)N1. The molecule has 2 aliphatic heterocycles. The third kappa shape index (κ3) is 3.81. The predicted octanol–water partition coefficient (Wildman–Crippen LogP) is 1.88. The van der Waals surface area contributed by atoms with Crippen LogP contribution in [0.3, 0.4) is 0 Å². The Morgan fingerprint density at radius 2 is 1.97 bits per heavy atom. The Balaban J connectivity index is 1.21. The van der Waals surface area contributed by atoms with E-state index < -0.39 is 11.9 Å². The molecule has 1 aliphatic carbocycles. The van der Waals surface area contributed by atoms with Crippen LogP contribution in [0.15, 0.2) is 42.6 Å². The molecule has 4 heterocycles. The second-order valence-electron chi connectivity index (χ2n) is 8.91. The van der Waals surface area contributed by atoms with Crippen LogP contribution in [0.2, 0.25) is 0 Å². The molecule has 2 fully saturated rings. The molecule has 10 nitrogen and oxygen atoms in total. The summed E-state index contributed by atoms with van der Waals surface area (Å²) in [6.45, 7) is 0.993. The van der Waals surface area contributed by atoms with Crippen molar-refractivity contribution in [2.45, 2.75) is 38.3 Å². The van der Waals surface area contributed by atoms with Crippen LogP contribution in [-0.2, 0) is 16.1 Å². The molecule has 1 N–H and O–H groups in total. The van der Waals surface area contributed by atoms with Crippen LogP contribution < -0.4 is 10.1 Å². The summed E-state index contributed by atoms with van der Waals surface area (Å²) in [6, 6.07) is 10.4. The zero-order valence-electron chi connectivity index (χ0n) is 18.3. The van der Waals surface area contributed by atoms with Crippen LogP contribution in [0.25, 0.3) is 17.1 Å². The van der Waals surface area contributed by atoms with E-state index in [2.05, 4.69) is 20.6 Å². The van der Waals surface area contributed by atoms with Crippen molar-refractivity contribution in [3.05, 3.63) is 53.7 Å². The quantitative estimate of drug-likeness (QED) is 0.560. The third-order valence-electron chi connectivity index (χ3n) is 6.42. The largest absolute Gasteiger partial charge is 0.477 e. The van der Waals surface area contributed by atoms with Gasteiger partial charge in [0.25, 0.3) is 5.91 Å². The molecule has 1 atom stereocenters. The van der Waals surface area contributed by atoms with Gasteiger partial charge in [0, 0.05) is 30.2 Å². The number of benzene rings is 1. The van der Waals surface area contributed by atoms with Gasteiger partial charge in [0.2, 0.25) is 17.7 Å². The molecule has 10 heteroatoms. The van der Waals surface area contributed by atoms with Crippen LogP contribution in [-0.4, -0.2) is 55.2 Å². The highest BCUT2D eigenvalue weighted by Crippen LogP contribution is 2.31. The molecular weight excluding hydrogens is 436 g/mol. The zero-order chi connectivity index (χ0) is 23.2. The average Bonchev–Trinajstić information content (AvgIpc) is 3.44. The molecule has 172 valence electrons. The number of hydrogen-bond acceptors (Lipinski definition) is 7. The smallest absolute Gasteiger partial charge is 0.255 e. The number of hydrogen-bond donors (Lipinski definition) is 1. The Morgan fingerprint density at radius 3 is 2.79 bits per heavy atom. The standard InChI is InChI=1S/C24H22N6O4/c31-21-9-8-19(23(32)26-21)29-11-16-10-15(6-7-17(16)24(29)33)18-12-30(28-27-18)20-2-1-3-22(25-20)34-13-14-4-5-14/h1-3,6-7,10,12,14,19H,4-5,8-9,11,13H2,(H,26,31,32). The Kier molecular flexibility index (Phi) is 4.86. The lowest BCUT2D eigenvalue weighted by Gasteiger charge is -2.29. The van der Waals surface area contributed by atoms with Gasteiger partial charge in [0.05, 0.1) is 12.8 Å². The van der Waals surface area contributed by atoms with E-state index in [4.69, 9.17) is 4.74 Å². The first kappa shape index (κ1) is 20.5. The zero-order valence-corrected chi connectivity index (χ0v) is 18.3. The first-order valence-corrected chi connectivity index (χ1v) is 11.4. The van der Waals surface area contributed by atoms with E-state index in [1.54, 1.807) is 16.9 Å². The van der Waals surface area contributed by atoms with Crippen molar-refractivity contribution in [1.29, 1.82) is 0 Å². The lowest BCUT2D eigenvalue weighted by atomic mass is 10.0. The van der Waals surface area contributed by atoms with Crippen LogP contribution in [0.4, 0.5) is 0 Å². The van der Waals surface area contributed by atoms with Crippen molar-refractivity contribution < 1.29 is 19.1 Å². The maximum Gasteiger partial charge on any atom is 0.255 e. The van der Waals surface area contributed by atoms with Crippen LogP contribution in [0, 0.1) is 5.92 Å². The van der Waals surface area contributed by atoms with E-state index in [0.29, 0.717) is 48.4 Å². The van der Waals surface area contributed by atoms with Gasteiger partial charge in [-0.1, -0.05) is 17.3 Å². The van der Waals surface area contributed by atoms with E-state index in [9.17, 15) is 14.4 Å². The minimum atomic E-state index is -0.637. The molecule has 1 saturated carbocycles. The summed E-state index contributed by atoms with van der Waals surface area (Å²) in [6.07, 6.45) is 4.77. The summed E-state index contributed by atoms with van der Waals surface area (Å²) in [5.74, 6) is 0.882. The molecule has 1 unspecified atom stereocenters. The van der Waals surface area contributed by atoms with Crippen molar-refractivity contribution in [3.63, 3.8) is 0 Å². The number of piperidine rings is 1. The molecule has 2 aromatic heterocycles. The summed E-state index contributed by atoms with van der Waals surface area (Å²) in [4.78, 5) is 42.7. The molecule has 1 saturated heterocycles. The van der Waals surface area contributed by atoms with E-state index in [0.717, 1.165) is 11.1 Å².